The molecule has 2 heterocycles. The van der Waals surface area contributed by atoms with E-state index in [4.69, 9.17) is 0 Å². The average Bonchev–Trinajstić information content (AvgIpc) is 2.89. The van der Waals surface area contributed by atoms with Gasteiger partial charge in [0.1, 0.15) is 5.01 Å². The zero-order valence-corrected chi connectivity index (χ0v) is 12.0. The van der Waals surface area contributed by atoms with Crippen molar-refractivity contribution in [2.75, 3.05) is 6.54 Å². The summed E-state index contributed by atoms with van der Waals surface area (Å²) in [4.78, 5) is 14.1. The first kappa shape index (κ1) is 13.9. The van der Waals surface area contributed by atoms with Gasteiger partial charge in [-0.05, 0) is 25.5 Å². The topological polar surface area (TPSA) is 70.7 Å². The lowest BCUT2D eigenvalue weighted by Crippen LogP contribution is -2.21. The molecule has 0 aliphatic rings. The van der Waals surface area contributed by atoms with Crippen LogP contribution in [-0.4, -0.2) is 21.7 Å². The molecular formula is C13H18N4OS. The molecule has 19 heavy (non-hydrogen) atoms. The summed E-state index contributed by atoms with van der Waals surface area (Å²) in [5, 5.41) is 13.6. The SMILES string of the molecule is CCCNC(CC)c1nnc(-c2cccc(=O)[nH]2)s1. The fourth-order valence-electron chi connectivity index (χ4n) is 1.78. The molecule has 1 atom stereocenters. The number of nitrogens with zero attached hydrogens (tertiary/aromatic N) is 2. The third-order valence-electron chi connectivity index (χ3n) is 2.79. The zero-order valence-electron chi connectivity index (χ0n) is 11.1. The van der Waals surface area contributed by atoms with Crippen molar-refractivity contribution in [1.29, 1.82) is 0 Å². The summed E-state index contributed by atoms with van der Waals surface area (Å²) in [5.41, 5.74) is 0.604. The molecule has 0 fully saturated rings. The largest absolute Gasteiger partial charge is 0.320 e. The molecule has 0 aliphatic heterocycles. The summed E-state index contributed by atoms with van der Waals surface area (Å²) in [7, 11) is 0. The second-order valence-electron chi connectivity index (χ2n) is 4.29. The van der Waals surface area contributed by atoms with Crippen LogP contribution >= 0.6 is 11.3 Å². The first-order valence-corrected chi connectivity index (χ1v) is 7.32. The predicted molar refractivity (Wildman–Crippen MR) is 77.3 cm³/mol. The minimum atomic E-state index is -0.120. The number of hydrogen-bond acceptors (Lipinski definition) is 5. The molecule has 2 aromatic heterocycles. The first-order chi connectivity index (χ1) is 9.24. The third kappa shape index (κ3) is 3.48. The fourth-order valence-corrected chi connectivity index (χ4v) is 2.76. The highest BCUT2D eigenvalue weighted by Crippen LogP contribution is 2.26. The van der Waals surface area contributed by atoms with Gasteiger partial charge in [-0.2, -0.15) is 0 Å². The number of hydrogen-bond donors (Lipinski definition) is 2. The fraction of sp³-hybridized carbons (Fsp3) is 0.462. The molecule has 102 valence electrons. The van der Waals surface area contributed by atoms with Gasteiger partial charge in [-0.15, -0.1) is 10.2 Å². The lowest BCUT2D eigenvalue weighted by Gasteiger charge is -2.12. The number of H-pyrrole nitrogens is 1. The van der Waals surface area contributed by atoms with Gasteiger partial charge in [-0.1, -0.05) is 31.3 Å². The van der Waals surface area contributed by atoms with Crippen LogP contribution in [0.5, 0.6) is 0 Å². The van der Waals surface area contributed by atoms with E-state index in [2.05, 4.69) is 34.3 Å². The van der Waals surface area contributed by atoms with Gasteiger partial charge in [0, 0.05) is 6.07 Å². The molecule has 1 unspecified atom stereocenters. The van der Waals surface area contributed by atoms with E-state index in [-0.39, 0.29) is 11.6 Å². The van der Waals surface area contributed by atoms with Crippen LogP contribution in [0.2, 0.25) is 0 Å². The van der Waals surface area contributed by atoms with E-state index in [1.54, 1.807) is 6.07 Å². The van der Waals surface area contributed by atoms with Gasteiger partial charge >= 0.3 is 0 Å². The monoisotopic (exact) mass is 278 g/mol. The Morgan fingerprint density at radius 3 is 2.89 bits per heavy atom. The van der Waals surface area contributed by atoms with Crippen LogP contribution in [0.15, 0.2) is 23.0 Å². The highest BCUT2D eigenvalue weighted by atomic mass is 32.1. The molecule has 2 N–H and O–H groups in total. The average molecular weight is 278 g/mol. The van der Waals surface area contributed by atoms with Crippen LogP contribution in [-0.2, 0) is 0 Å². The third-order valence-corrected chi connectivity index (χ3v) is 3.86. The summed E-state index contributed by atoms with van der Waals surface area (Å²) >= 11 is 1.52. The predicted octanol–water partition coefficient (Wildman–Crippen LogP) is 2.34. The van der Waals surface area contributed by atoms with Gasteiger partial charge in [-0.25, -0.2) is 0 Å². The molecule has 2 aromatic rings. The molecule has 5 nitrogen and oxygen atoms in total. The van der Waals surface area contributed by atoms with Gasteiger partial charge in [0.25, 0.3) is 0 Å². The van der Waals surface area contributed by atoms with Crippen LogP contribution in [0.4, 0.5) is 0 Å². The van der Waals surface area contributed by atoms with Crippen molar-refractivity contribution in [3.05, 3.63) is 33.6 Å². The Morgan fingerprint density at radius 1 is 1.37 bits per heavy atom. The normalized spacial score (nSPS) is 12.5. The maximum atomic E-state index is 11.3. The zero-order chi connectivity index (χ0) is 13.7. The summed E-state index contributed by atoms with van der Waals surface area (Å²) in [6.45, 7) is 5.23. The highest BCUT2D eigenvalue weighted by Gasteiger charge is 2.15. The van der Waals surface area contributed by atoms with E-state index >= 15 is 0 Å². The Kier molecular flexibility index (Phi) is 4.81. The lowest BCUT2D eigenvalue weighted by molar-refractivity contribution is 0.513. The van der Waals surface area contributed by atoms with Crippen molar-refractivity contribution in [2.45, 2.75) is 32.7 Å². The van der Waals surface area contributed by atoms with E-state index in [1.807, 2.05) is 6.07 Å². The molecule has 2 rings (SSSR count). The Bertz CT molecular complexity index is 578. The Labute approximate surface area is 116 Å². The van der Waals surface area contributed by atoms with Crippen LogP contribution in [0, 0.1) is 0 Å². The van der Waals surface area contributed by atoms with Crippen molar-refractivity contribution >= 4 is 11.3 Å². The minimum absolute atomic E-state index is 0.120. The number of nitrogens with one attached hydrogen (secondary N) is 2. The smallest absolute Gasteiger partial charge is 0.248 e. The molecule has 0 amide bonds. The molecule has 0 saturated carbocycles. The number of pyridine rings is 1. The van der Waals surface area contributed by atoms with Gasteiger partial charge in [-0.3, -0.25) is 4.79 Å². The second-order valence-corrected chi connectivity index (χ2v) is 5.30. The molecular weight excluding hydrogens is 260 g/mol. The van der Waals surface area contributed by atoms with Gasteiger partial charge in [0.2, 0.25) is 5.56 Å². The number of aromatic amines is 1. The molecule has 6 heteroatoms. The lowest BCUT2D eigenvalue weighted by atomic mass is 10.2. The Morgan fingerprint density at radius 2 is 2.21 bits per heavy atom. The van der Waals surface area contributed by atoms with Crippen LogP contribution in [0.1, 0.15) is 37.7 Å². The van der Waals surface area contributed by atoms with E-state index in [0.29, 0.717) is 0 Å². The standard InChI is InChI=1S/C13H18N4OS/c1-3-8-14-9(4-2)12-16-17-13(19-12)10-6-5-7-11(18)15-10/h5-7,9,14H,3-4,8H2,1-2H3,(H,15,18). The minimum Gasteiger partial charge on any atom is -0.320 e. The Balaban J connectivity index is 2.20. The molecule has 0 spiro atoms. The highest BCUT2D eigenvalue weighted by molar-refractivity contribution is 7.14. The molecule has 0 radical (unpaired) electrons. The van der Waals surface area contributed by atoms with Gasteiger partial charge in [0.05, 0.1) is 11.7 Å². The summed E-state index contributed by atoms with van der Waals surface area (Å²) in [6.07, 6.45) is 2.06. The maximum absolute atomic E-state index is 11.3. The van der Waals surface area contributed by atoms with E-state index in [9.17, 15) is 4.79 Å². The van der Waals surface area contributed by atoms with Crippen LogP contribution < -0.4 is 10.9 Å². The van der Waals surface area contributed by atoms with E-state index < -0.39 is 0 Å². The van der Waals surface area contributed by atoms with Crippen molar-refractivity contribution < 1.29 is 0 Å². The van der Waals surface area contributed by atoms with E-state index in [1.165, 1.54) is 17.4 Å². The summed E-state index contributed by atoms with van der Waals surface area (Å²) in [6, 6.07) is 5.29. The molecule has 0 aliphatic carbocycles. The first-order valence-electron chi connectivity index (χ1n) is 6.51. The van der Waals surface area contributed by atoms with Crippen LogP contribution in [0.25, 0.3) is 10.7 Å². The van der Waals surface area contributed by atoms with Gasteiger partial charge in [0.15, 0.2) is 5.01 Å². The maximum Gasteiger partial charge on any atom is 0.248 e. The van der Waals surface area contributed by atoms with Crippen molar-refractivity contribution in [1.82, 2.24) is 20.5 Å². The second kappa shape index (κ2) is 6.58. The summed E-state index contributed by atoms with van der Waals surface area (Å²) in [5.74, 6) is 0. The van der Waals surface area contributed by atoms with Crippen molar-refractivity contribution in [3.8, 4) is 10.7 Å². The Hall–Kier alpha value is -1.53. The van der Waals surface area contributed by atoms with Gasteiger partial charge < -0.3 is 10.3 Å². The molecule has 0 bridgehead atoms. The van der Waals surface area contributed by atoms with Crippen molar-refractivity contribution in [2.24, 2.45) is 0 Å². The van der Waals surface area contributed by atoms with Crippen LogP contribution in [0.3, 0.4) is 0 Å². The number of rotatable bonds is 6. The number of aromatic nitrogens is 3. The quantitative estimate of drug-likeness (QED) is 0.851. The van der Waals surface area contributed by atoms with Crippen molar-refractivity contribution in [3.63, 3.8) is 0 Å². The molecule has 0 aromatic carbocycles. The van der Waals surface area contributed by atoms with E-state index in [0.717, 1.165) is 35.1 Å². The summed E-state index contributed by atoms with van der Waals surface area (Å²) < 4.78 is 0. The molecule has 0 saturated heterocycles.